The van der Waals surface area contributed by atoms with Gasteiger partial charge in [-0.25, -0.2) is 4.79 Å². The third-order valence-corrected chi connectivity index (χ3v) is 6.56. The molecule has 31 heavy (non-hydrogen) atoms. The highest BCUT2D eigenvalue weighted by atomic mass is 28.4. The summed E-state index contributed by atoms with van der Waals surface area (Å²) in [4.78, 5) is 12.3. The van der Waals surface area contributed by atoms with Crippen LogP contribution >= 0.6 is 0 Å². The van der Waals surface area contributed by atoms with E-state index >= 15 is 0 Å². The second-order valence-electron chi connectivity index (χ2n) is 10.4. The first-order valence-corrected chi connectivity index (χ1v) is 20.8. The Bertz CT molecular complexity index is 745. The summed E-state index contributed by atoms with van der Waals surface area (Å²) < 4.78 is 29.0. The Morgan fingerprint density at radius 3 is 2.06 bits per heavy atom. The van der Waals surface area contributed by atoms with Crippen LogP contribution in [0.5, 0.6) is 11.5 Å². The van der Waals surface area contributed by atoms with E-state index in [9.17, 15) is 4.79 Å². The average Bonchev–Trinajstić information content (AvgIpc) is 2.60. The molecule has 0 amide bonds. The van der Waals surface area contributed by atoms with Gasteiger partial charge in [0.25, 0.3) is 0 Å². The van der Waals surface area contributed by atoms with Gasteiger partial charge in [0, 0.05) is 6.08 Å². The van der Waals surface area contributed by atoms with Gasteiger partial charge in [-0.1, -0.05) is 6.07 Å². The van der Waals surface area contributed by atoms with E-state index in [0.717, 1.165) is 11.3 Å². The zero-order valence-corrected chi connectivity index (χ0v) is 23.8. The van der Waals surface area contributed by atoms with Crippen molar-refractivity contribution >= 4 is 37.0 Å². The van der Waals surface area contributed by atoms with Crippen molar-refractivity contribution in [2.24, 2.45) is 0 Å². The van der Waals surface area contributed by atoms with Crippen molar-refractivity contribution in [3.8, 4) is 11.5 Å². The first-order chi connectivity index (χ1) is 14.1. The molecule has 0 radical (unpaired) electrons. The molecular weight excluding hydrogens is 444 g/mol. The van der Waals surface area contributed by atoms with Crippen LogP contribution in [0.4, 0.5) is 0 Å². The lowest BCUT2D eigenvalue weighted by atomic mass is 10.2. The first-order valence-electron chi connectivity index (χ1n) is 10.6. The van der Waals surface area contributed by atoms with Crippen LogP contribution in [0.3, 0.4) is 0 Å². The second kappa shape index (κ2) is 11.5. The van der Waals surface area contributed by atoms with E-state index in [4.69, 9.17) is 22.8 Å². The van der Waals surface area contributed by atoms with Crippen LogP contribution in [0.25, 0.3) is 6.08 Å². The Balaban J connectivity index is 2.74. The van der Waals surface area contributed by atoms with Gasteiger partial charge in [-0.3, -0.25) is 0 Å². The van der Waals surface area contributed by atoms with Crippen molar-refractivity contribution in [2.75, 3.05) is 20.3 Å². The van der Waals surface area contributed by atoms with Gasteiger partial charge in [0.1, 0.15) is 18.5 Å². The minimum atomic E-state index is -1.79. The smallest absolute Gasteiger partial charge is 0.330 e. The second-order valence-corrected chi connectivity index (χ2v) is 23.8. The maximum atomic E-state index is 12.3. The summed E-state index contributed by atoms with van der Waals surface area (Å²) in [6.07, 6.45) is 2.86. The number of methoxy groups -OCH3 is 1. The molecular formula is C22H40O6Si3. The van der Waals surface area contributed by atoms with Crippen LogP contribution in [0.15, 0.2) is 24.3 Å². The van der Waals surface area contributed by atoms with E-state index in [1.807, 2.05) is 18.2 Å². The Morgan fingerprint density at radius 1 is 0.903 bits per heavy atom. The minimum Gasteiger partial charge on any atom is -0.542 e. The number of hydrogen-bond donors (Lipinski definition) is 0. The molecule has 0 heterocycles. The van der Waals surface area contributed by atoms with E-state index in [2.05, 4.69) is 58.9 Å². The highest BCUT2D eigenvalue weighted by Gasteiger charge is 2.25. The van der Waals surface area contributed by atoms with Crippen molar-refractivity contribution in [1.82, 2.24) is 0 Å². The molecule has 9 heteroatoms. The molecule has 0 saturated heterocycles. The molecule has 0 aromatic heterocycles. The largest absolute Gasteiger partial charge is 0.542 e. The van der Waals surface area contributed by atoms with Crippen molar-refractivity contribution < 1.29 is 27.5 Å². The van der Waals surface area contributed by atoms with E-state index in [1.54, 1.807) is 13.2 Å². The van der Waals surface area contributed by atoms with Crippen LogP contribution in [0, 0.1) is 0 Å². The fraction of sp³-hybridized carbons (Fsp3) is 0.591. The SMILES string of the molecule is COc1cc(/C=C/C(=O)OCC(CO[Si](C)(C)C)O[Si](C)(C)C)ccc1O[Si](C)(C)C. The van der Waals surface area contributed by atoms with Gasteiger partial charge in [-0.2, -0.15) is 0 Å². The molecule has 1 unspecified atom stereocenters. The van der Waals surface area contributed by atoms with E-state index in [-0.39, 0.29) is 12.7 Å². The van der Waals surface area contributed by atoms with Gasteiger partial charge in [0.15, 0.2) is 22.4 Å². The molecule has 6 nitrogen and oxygen atoms in total. The summed E-state index contributed by atoms with van der Waals surface area (Å²) >= 11 is 0. The molecule has 1 aromatic rings. The van der Waals surface area contributed by atoms with E-state index < -0.39 is 30.9 Å². The highest BCUT2D eigenvalue weighted by Crippen LogP contribution is 2.30. The predicted octanol–water partition coefficient (Wildman–Crippen LogP) is 5.54. The molecule has 0 aliphatic rings. The Morgan fingerprint density at radius 2 is 1.55 bits per heavy atom. The van der Waals surface area contributed by atoms with Gasteiger partial charge in [0.2, 0.25) is 8.32 Å². The van der Waals surface area contributed by atoms with Crippen LogP contribution in [-0.4, -0.2) is 57.3 Å². The fourth-order valence-corrected chi connectivity index (χ4v) is 5.20. The van der Waals surface area contributed by atoms with Crippen molar-refractivity contribution in [1.29, 1.82) is 0 Å². The molecule has 0 fully saturated rings. The minimum absolute atomic E-state index is 0.171. The average molecular weight is 485 g/mol. The Kier molecular flexibility index (Phi) is 10.2. The summed E-state index contributed by atoms with van der Waals surface area (Å²) in [6.45, 7) is 19.7. The number of rotatable bonds is 12. The summed E-state index contributed by atoms with van der Waals surface area (Å²) in [7, 11) is -3.61. The van der Waals surface area contributed by atoms with Crippen LogP contribution in [-0.2, 0) is 18.4 Å². The summed E-state index contributed by atoms with van der Waals surface area (Å²) in [6, 6.07) is 5.60. The molecule has 0 aliphatic carbocycles. The zero-order chi connectivity index (χ0) is 23.9. The molecule has 0 saturated carbocycles. The number of benzene rings is 1. The molecule has 0 spiro atoms. The third-order valence-electron chi connectivity index (χ3n) is 3.65. The standard InChI is InChI=1S/C22H40O6Si3/c1-24-21-15-18(11-13-20(21)28-31(8,9)10)12-14-22(23)25-16-19(27-30(5,6)7)17-26-29(2,3)4/h11-15,19H,16-17H2,1-10H3/b14-12+. The van der Waals surface area contributed by atoms with Crippen LogP contribution < -0.4 is 9.16 Å². The molecule has 1 rings (SSSR count). The van der Waals surface area contributed by atoms with Gasteiger partial charge in [-0.05, 0) is 82.7 Å². The lowest BCUT2D eigenvalue weighted by Gasteiger charge is -2.28. The van der Waals surface area contributed by atoms with Crippen LogP contribution in [0.2, 0.25) is 58.9 Å². The van der Waals surface area contributed by atoms with E-state index in [0.29, 0.717) is 12.4 Å². The van der Waals surface area contributed by atoms with Crippen molar-refractivity contribution in [3.63, 3.8) is 0 Å². The lowest BCUT2D eigenvalue weighted by molar-refractivity contribution is -0.140. The van der Waals surface area contributed by atoms with Gasteiger partial charge in [0.05, 0.1) is 13.7 Å². The van der Waals surface area contributed by atoms with Gasteiger partial charge >= 0.3 is 5.97 Å². The van der Waals surface area contributed by atoms with Crippen molar-refractivity contribution in [3.05, 3.63) is 29.8 Å². The topological polar surface area (TPSA) is 63.2 Å². The maximum Gasteiger partial charge on any atom is 0.330 e. The maximum absolute atomic E-state index is 12.3. The Labute approximate surface area is 191 Å². The van der Waals surface area contributed by atoms with Gasteiger partial charge in [-0.15, -0.1) is 0 Å². The third kappa shape index (κ3) is 12.9. The molecule has 176 valence electrons. The first kappa shape index (κ1) is 27.6. The number of esters is 1. The van der Waals surface area contributed by atoms with Crippen molar-refractivity contribution in [2.45, 2.75) is 65.0 Å². The zero-order valence-electron chi connectivity index (χ0n) is 20.8. The van der Waals surface area contributed by atoms with Crippen LogP contribution in [0.1, 0.15) is 5.56 Å². The quantitative estimate of drug-likeness (QED) is 0.221. The fourth-order valence-electron chi connectivity index (χ4n) is 2.55. The molecule has 1 aromatic carbocycles. The number of hydrogen-bond acceptors (Lipinski definition) is 6. The van der Waals surface area contributed by atoms with Gasteiger partial charge < -0.3 is 22.8 Å². The Hall–Kier alpha value is -1.40. The monoisotopic (exact) mass is 484 g/mol. The lowest BCUT2D eigenvalue weighted by Crippen LogP contribution is -2.40. The molecule has 0 N–H and O–H groups in total. The number of carbonyl (C=O) groups excluding carboxylic acids is 1. The number of carbonyl (C=O) groups is 1. The summed E-state index contributed by atoms with van der Waals surface area (Å²) in [5.74, 6) is 0.943. The summed E-state index contributed by atoms with van der Waals surface area (Å²) in [5, 5.41) is 0. The summed E-state index contributed by atoms with van der Waals surface area (Å²) in [5.41, 5.74) is 0.827. The highest BCUT2D eigenvalue weighted by molar-refractivity contribution is 6.70. The van der Waals surface area contributed by atoms with E-state index in [1.165, 1.54) is 6.08 Å². The molecule has 0 aliphatic heterocycles. The number of ether oxygens (including phenoxy) is 2. The molecule has 1 atom stereocenters. The predicted molar refractivity (Wildman–Crippen MR) is 134 cm³/mol. The normalized spacial score (nSPS) is 13.9. The molecule has 0 bridgehead atoms.